The monoisotopic (exact) mass is 431 g/mol. The smallest absolute Gasteiger partial charge is 0.124 e. The number of benzene rings is 2. The molecule has 0 saturated heterocycles. The molecule has 112 valence electrons. The number of anilines is 1. The van der Waals surface area contributed by atoms with Gasteiger partial charge in [0.2, 0.25) is 0 Å². The molecule has 0 saturated carbocycles. The number of nitrogens with one attached hydrogen (secondary N) is 1. The highest BCUT2D eigenvalue weighted by Crippen LogP contribution is 2.31. The number of rotatable bonds is 6. The van der Waals surface area contributed by atoms with Crippen molar-refractivity contribution in [3.63, 3.8) is 0 Å². The van der Waals surface area contributed by atoms with Crippen LogP contribution in [-0.2, 0) is 6.54 Å². The maximum atomic E-state index is 6.10. The Morgan fingerprint density at radius 3 is 2.76 bits per heavy atom. The van der Waals surface area contributed by atoms with Gasteiger partial charge < -0.3 is 10.1 Å². The van der Waals surface area contributed by atoms with Crippen molar-refractivity contribution < 1.29 is 4.74 Å². The van der Waals surface area contributed by atoms with Crippen LogP contribution < -0.4 is 10.1 Å². The summed E-state index contributed by atoms with van der Waals surface area (Å²) < 4.78 is 7.69. The Hall–Kier alpha value is -0.710. The van der Waals surface area contributed by atoms with E-state index in [9.17, 15) is 0 Å². The van der Waals surface area contributed by atoms with Crippen LogP contribution in [0.1, 0.15) is 18.9 Å². The van der Waals surface area contributed by atoms with Gasteiger partial charge in [-0.2, -0.15) is 0 Å². The van der Waals surface area contributed by atoms with Gasteiger partial charge >= 0.3 is 0 Å². The van der Waals surface area contributed by atoms with Crippen LogP contribution in [0.4, 0.5) is 5.69 Å². The SMILES string of the molecule is CCCOc1ccc(Br)cc1CNc1cccc(Cl)c1Br. The van der Waals surface area contributed by atoms with E-state index >= 15 is 0 Å². The molecule has 2 aromatic rings. The first kappa shape index (κ1) is 16.7. The first-order valence-electron chi connectivity index (χ1n) is 6.71. The van der Waals surface area contributed by atoms with Crippen molar-refractivity contribution >= 4 is 49.1 Å². The first-order valence-corrected chi connectivity index (χ1v) is 8.67. The molecule has 0 unspecified atom stereocenters. The molecule has 0 aliphatic heterocycles. The fourth-order valence-corrected chi connectivity index (χ4v) is 2.86. The lowest BCUT2D eigenvalue weighted by Gasteiger charge is -2.14. The molecule has 0 fully saturated rings. The molecule has 0 aromatic heterocycles. The molecule has 0 aliphatic rings. The average molecular weight is 434 g/mol. The van der Waals surface area contributed by atoms with E-state index in [1.165, 1.54) is 0 Å². The highest BCUT2D eigenvalue weighted by molar-refractivity contribution is 9.11. The second kappa shape index (κ2) is 8.06. The molecule has 2 aromatic carbocycles. The zero-order chi connectivity index (χ0) is 15.2. The molecular formula is C16H16Br2ClNO. The van der Waals surface area contributed by atoms with Crippen LogP contribution in [-0.4, -0.2) is 6.61 Å². The summed E-state index contributed by atoms with van der Waals surface area (Å²) in [6.45, 7) is 3.48. The standard InChI is InChI=1S/C16H16Br2ClNO/c1-2-8-21-15-7-6-12(17)9-11(15)10-20-14-5-3-4-13(19)16(14)18/h3-7,9,20H,2,8,10H2,1H3. The third-order valence-electron chi connectivity index (χ3n) is 2.91. The van der Waals surface area contributed by atoms with Crippen LogP contribution in [0.2, 0.25) is 5.02 Å². The van der Waals surface area contributed by atoms with Gasteiger partial charge in [-0.15, -0.1) is 0 Å². The first-order chi connectivity index (χ1) is 10.1. The van der Waals surface area contributed by atoms with Gasteiger partial charge in [0.1, 0.15) is 5.75 Å². The van der Waals surface area contributed by atoms with Crippen LogP contribution in [0.25, 0.3) is 0 Å². The lowest BCUT2D eigenvalue weighted by molar-refractivity contribution is 0.314. The lowest BCUT2D eigenvalue weighted by atomic mass is 10.2. The van der Waals surface area contributed by atoms with Crippen molar-refractivity contribution in [1.82, 2.24) is 0 Å². The largest absolute Gasteiger partial charge is 0.493 e. The second-order valence-electron chi connectivity index (χ2n) is 4.56. The molecule has 0 heterocycles. The van der Waals surface area contributed by atoms with Crippen molar-refractivity contribution in [2.75, 3.05) is 11.9 Å². The van der Waals surface area contributed by atoms with Crippen LogP contribution in [0, 0.1) is 0 Å². The molecule has 21 heavy (non-hydrogen) atoms. The van der Waals surface area contributed by atoms with Gasteiger partial charge in [-0.25, -0.2) is 0 Å². The predicted octanol–water partition coefficient (Wildman–Crippen LogP) is 6.27. The van der Waals surface area contributed by atoms with Crippen molar-refractivity contribution in [3.05, 3.63) is 55.9 Å². The minimum Gasteiger partial charge on any atom is -0.493 e. The van der Waals surface area contributed by atoms with E-state index in [1.807, 2.05) is 30.3 Å². The number of hydrogen-bond acceptors (Lipinski definition) is 2. The third-order valence-corrected chi connectivity index (χ3v) is 4.80. The topological polar surface area (TPSA) is 21.3 Å². The average Bonchev–Trinajstić information content (AvgIpc) is 2.48. The number of hydrogen-bond donors (Lipinski definition) is 1. The van der Waals surface area contributed by atoms with Crippen LogP contribution in [0.15, 0.2) is 45.3 Å². The Labute approximate surface area is 147 Å². The molecule has 0 aliphatic carbocycles. The molecule has 0 amide bonds. The van der Waals surface area contributed by atoms with E-state index in [2.05, 4.69) is 50.2 Å². The zero-order valence-corrected chi connectivity index (χ0v) is 15.6. The van der Waals surface area contributed by atoms with Gasteiger partial charge in [0.25, 0.3) is 0 Å². The normalized spacial score (nSPS) is 10.5. The van der Waals surface area contributed by atoms with Gasteiger partial charge in [0.15, 0.2) is 0 Å². The molecule has 0 bridgehead atoms. The quantitative estimate of drug-likeness (QED) is 0.580. The minimum absolute atomic E-state index is 0.664. The molecule has 2 nitrogen and oxygen atoms in total. The predicted molar refractivity (Wildman–Crippen MR) is 96.4 cm³/mol. The molecule has 0 radical (unpaired) electrons. The summed E-state index contributed by atoms with van der Waals surface area (Å²) in [4.78, 5) is 0. The molecule has 0 spiro atoms. The Morgan fingerprint density at radius 1 is 1.19 bits per heavy atom. The summed E-state index contributed by atoms with van der Waals surface area (Å²) in [6.07, 6.45) is 0.989. The Kier molecular flexibility index (Phi) is 6.40. The van der Waals surface area contributed by atoms with Gasteiger partial charge in [-0.1, -0.05) is 40.5 Å². The highest BCUT2D eigenvalue weighted by Gasteiger charge is 2.07. The zero-order valence-electron chi connectivity index (χ0n) is 11.6. The summed E-state index contributed by atoms with van der Waals surface area (Å²) in [7, 11) is 0. The molecular weight excluding hydrogens is 417 g/mol. The second-order valence-corrected chi connectivity index (χ2v) is 6.67. The van der Waals surface area contributed by atoms with E-state index in [0.29, 0.717) is 11.6 Å². The van der Waals surface area contributed by atoms with Crippen molar-refractivity contribution in [1.29, 1.82) is 0 Å². The maximum Gasteiger partial charge on any atom is 0.124 e. The van der Waals surface area contributed by atoms with E-state index in [-0.39, 0.29) is 0 Å². The summed E-state index contributed by atoms with van der Waals surface area (Å²) in [5, 5.41) is 4.07. The van der Waals surface area contributed by atoms with Crippen molar-refractivity contribution in [2.24, 2.45) is 0 Å². The van der Waals surface area contributed by atoms with Crippen molar-refractivity contribution in [2.45, 2.75) is 19.9 Å². The Morgan fingerprint density at radius 2 is 2.00 bits per heavy atom. The van der Waals surface area contributed by atoms with E-state index in [4.69, 9.17) is 16.3 Å². The van der Waals surface area contributed by atoms with Crippen LogP contribution in [0.3, 0.4) is 0 Å². The third kappa shape index (κ3) is 4.63. The van der Waals surface area contributed by atoms with E-state index in [1.54, 1.807) is 0 Å². The van der Waals surface area contributed by atoms with Crippen LogP contribution >= 0.6 is 43.5 Å². The Balaban J connectivity index is 2.15. The number of halogens is 3. The lowest BCUT2D eigenvalue weighted by Crippen LogP contribution is -2.04. The van der Waals surface area contributed by atoms with E-state index < -0.39 is 0 Å². The van der Waals surface area contributed by atoms with Crippen molar-refractivity contribution in [3.8, 4) is 5.75 Å². The van der Waals surface area contributed by atoms with E-state index in [0.717, 1.165) is 39.0 Å². The number of ether oxygens (including phenoxy) is 1. The van der Waals surface area contributed by atoms with Gasteiger partial charge in [-0.3, -0.25) is 0 Å². The maximum absolute atomic E-state index is 6.10. The molecule has 2 rings (SSSR count). The molecule has 1 N–H and O–H groups in total. The Bertz CT molecular complexity index is 619. The minimum atomic E-state index is 0.664. The van der Waals surface area contributed by atoms with Gasteiger partial charge in [-0.05, 0) is 52.7 Å². The molecule has 5 heteroatoms. The summed E-state index contributed by atoms with van der Waals surface area (Å²) in [5.74, 6) is 0.908. The van der Waals surface area contributed by atoms with Gasteiger partial charge in [0.05, 0.1) is 21.8 Å². The summed E-state index contributed by atoms with van der Waals surface area (Å²) in [5.41, 5.74) is 2.06. The van der Waals surface area contributed by atoms with Crippen LogP contribution in [0.5, 0.6) is 5.75 Å². The van der Waals surface area contributed by atoms with Gasteiger partial charge in [0, 0.05) is 16.6 Å². The fraction of sp³-hybridized carbons (Fsp3) is 0.250. The molecule has 0 atom stereocenters. The summed E-state index contributed by atoms with van der Waals surface area (Å²) >= 11 is 13.1. The highest BCUT2D eigenvalue weighted by atomic mass is 79.9. The fourth-order valence-electron chi connectivity index (χ4n) is 1.87. The summed E-state index contributed by atoms with van der Waals surface area (Å²) in [6, 6.07) is 11.8.